The van der Waals surface area contributed by atoms with E-state index < -0.39 is 16.0 Å². The average Bonchev–Trinajstić information content (AvgIpc) is 2.37. The van der Waals surface area contributed by atoms with Gasteiger partial charge in [-0.3, -0.25) is 0 Å². The summed E-state index contributed by atoms with van der Waals surface area (Å²) in [6, 6.07) is 5.38. The Morgan fingerprint density at radius 3 is 2.52 bits per heavy atom. The molecule has 0 amide bonds. The summed E-state index contributed by atoms with van der Waals surface area (Å²) in [6.45, 7) is 0.333. The van der Waals surface area contributed by atoms with Gasteiger partial charge in [-0.15, -0.1) is 0 Å². The van der Waals surface area contributed by atoms with Crippen molar-refractivity contribution in [3.8, 4) is 0 Å². The van der Waals surface area contributed by atoms with Crippen molar-refractivity contribution in [2.75, 3.05) is 20.6 Å². The van der Waals surface area contributed by atoms with Crippen LogP contribution in [-0.4, -0.2) is 50.6 Å². The van der Waals surface area contributed by atoms with E-state index in [1.807, 2.05) is 19.0 Å². The number of hydrogen-bond acceptors (Lipinski definition) is 4. The number of rotatable bonds is 6. The fraction of sp³-hybridized carbons (Fsp3) is 0.500. The number of carboxylic acids is 1. The smallest absolute Gasteiger partial charge is 0.335 e. The highest BCUT2D eigenvalue weighted by Gasteiger charge is 2.39. The van der Waals surface area contributed by atoms with E-state index in [2.05, 4.69) is 4.72 Å². The average molecular weight is 312 g/mol. The molecule has 0 saturated heterocycles. The first kappa shape index (κ1) is 15.9. The molecule has 0 heterocycles. The lowest BCUT2D eigenvalue weighted by Crippen LogP contribution is -2.57. The number of nitrogens with one attached hydrogen (secondary N) is 1. The molecule has 0 radical (unpaired) electrons. The minimum absolute atomic E-state index is 0.0179. The predicted molar refractivity (Wildman–Crippen MR) is 78.9 cm³/mol. The standard InChI is InChI=1S/C14H20N2O4S/c1-16(2)14(7-4-8-14)10-15-21(19,20)12-6-3-5-11(9-12)13(17)18/h3,5-6,9,15H,4,7-8,10H2,1-2H3,(H,17,18). The number of hydrogen-bond donors (Lipinski definition) is 2. The Balaban J connectivity index is 2.15. The summed E-state index contributed by atoms with van der Waals surface area (Å²) in [5, 5.41) is 8.93. The third-order valence-electron chi connectivity index (χ3n) is 4.22. The number of benzene rings is 1. The monoisotopic (exact) mass is 312 g/mol. The lowest BCUT2D eigenvalue weighted by Gasteiger charge is -2.47. The van der Waals surface area contributed by atoms with Crippen LogP contribution in [0.25, 0.3) is 0 Å². The molecule has 6 nitrogen and oxygen atoms in total. The van der Waals surface area contributed by atoms with Gasteiger partial charge in [0.05, 0.1) is 10.5 Å². The summed E-state index contributed by atoms with van der Waals surface area (Å²) in [7, 11) is 0.187. The van der Waals surface area contributed by atoms with Crippen molar-refractivity contribution < 1.29 is 18.3 Å². The molecule has 1 fully saturated rings. The van der Waals surface area contributed by atoms with E-state index >= 15 is 0 Å². The van der Waals surface area contributed by atoms with Crippen LogP contribution in [0, 0.1) is 0 Å². The van der Waals surface area contributed by atoms with Crippen molar-refractivity contribution in [2.45, 2.75) is 29.7 Å². The molecule has 2 N–H and O–H groups in total. The van der Waals surface area contributed by atoms with Crippen LogP contribution in [0.5, 0.6) is 0 Å². The second-order valence-corrected chi connectivity index (χ2v) is 7.40. The first-order valence-electron chi connectivity index (χ1n) is 6.77. The molecule has 0 unspecified atom stereocenters. The molecule has 0 bridgehead atoms. The molecule has 0 aromatic heterocycles. The molecule has 0 atom stereocenters. The molecule has 116 valence electrons. The highest BCUT2D eigenvalue weighted by atomic mass is 32.2. The summed E-state index contributed by atoms with van der Waals surface area (Å²) in [4.78, 5) is 13.0. The summed E-state index contributed by atoms with van der Waals surface area (Å²) in [5.74, 6) is -1.14. The van der Waals surface area contributed by atoms with Gasteiger partial charge < -0.3 is 10.0 Å². The van der Waals surface area contributed by atoms with Crippen molar-refractivity contribution >= 4 is 16.0 Å². The number of carboxylic acid groups (broad SMARTS) is 1. The summed E-state index contributed by atoms with van der Waals surface area (Å²) in [5.41, 5.74) is -0.166. The molecular formula is C14H20N2O4S. The lowest BCUT2D eigenvalue weighted by molar-refractivity contribution is 0.0656. The van der Waals surface area contributed by atoms with E-state index in [1.54, 1.807) is 0 Å². The van der Waals surface area contributed by atoms with Crippen LogP contribution in [0.15, 0.2) is 29.2 Å². The van der Waals surface area contributed by atoms with Crippen molar-refractivity contribution in [3.63, 3.8) is 0 Å². The summed E-state index contributed by atoms with van der Waals surface area (Å²) < 4.78 is 27.2. The minimum atomic E-state index is -3.70. The van der Waals surface area contributed by atoms with Gasteiger partial charge in [0.2, 0.25) is 10.0 Å². The van der Waals surface area contributed by atoms with Crippen LogP contribution in [-0.2, 0) is 10.0 Å². The Kier molecular flexibility index (Phi) is 4.36. The highest BCUT2D eigenvalue weighted by Crippen LogP contribution is 2.35. The van der Waals surface area contributed by atoms with Gasteiger partial charge in [-0.05, 0) is 51.6 Å². The van der Waals surface area contributed by atoms with Crippen LogP contribution in [0.1, 0.15) is 29.6 Å². The van der Waals surface area contributed by atoms with Gasteiger partial charge in [0.15, 0.2) is 0 Å². The van der Waals surface area contributed by atoms with Crippen LogP contribution in [0.2, 0.25) is 0 Å². The Labute approximate surface area is 124 Å². The normalized spacial score (nSPS) is 17.5. The fourth-order valence-corrected chi connectivity index (χ4v) is 3.64. The van der Waals surface area contributed by atoms with Gasteiger partial charge >= 0.3 is 5.97 Å². The van der Waals surface area contributed by atoms with Gasteiger partial charge in [0, 0.05) is 12.1 Å². The Morgan fingerprint density at radius 1 is 1.38 bits per heavy atom. The van der Waals surface area contributed by atoms with Gasteiger partial charge in [-0.1, -0.05) is 6.07 Å². The third-order valence-corrected chi connectivity index (χ3v) is 5.61. The van der Waals surface area contributed by atoms with Crippen LogP contribution in [0.3, 0.4) is 0 Å². The molecular weight excluding hydrogens is 292 g/mol. The molecule has 1 aromatic rings. The molecule has 21 heavy (non-hydrogen) atoms. The molecule has 1 aromatic carbocycles. The molecule has 2 rings (SSSR count). The van der Waals surface area contributed by atoms with E-state index in [0.717, 1.165) is 19.3 Å². The topological polar surface area (TPSA) is 86.7 Å². The van der Waals surface area contributed by atoms with Gasteiger partial charge in [0.25, 0.3) is 0 Å². The quantitative estimate of drug-likeness (QED) is 0.823. The fourth-order valence-electron chi connectivity index (χ4n) is 2.48. The molecule has 0 aliphatic heterocycles. The number of nitrogens with zero attached hydrogens (tertiary/aromatic N) is 1. The van der Waals surface area contributed by atoms with E-state index in [1.165, 1.54) is 24.3 Å². The van der Waals surface area contributed by atoms with Crippen molar-refractivity contribution in [1.29, 1.82) is 0 Å². The molecule has 7 heteroatoms. The van der Waals surface area contributed by atoms with Gasteiger partial charge in [-0.25, -0.2) is 17.9 Å². The van der Waals surface area contributed by atoms with Crippen LogP contribution in [0.4, 0.5) is 0 Å². The van der Waals surface area contributed by atoms with E-state index in [4.69, 9.17) is 5.11 Å². The van der Waals surface area contributed by atoms with E-state index in [9.17, 15) is 13.2 Å². The molecule has 1 aliphatic rings. The summed E-state index contributed by atoms with van der Waals surface area (Å²) >= 11 is 0. The van der Waals surface area contributed by atoms with Crippen molar-refractivity contribution in [3.05, 3.63) is 29.8 Å². The Bertz CT molecular complexity index is 636. The van der Waals surface area contributed by atoms with Crippen LogP contribution < -0.4 is 4.72 Å². The largest absolute Gasteiger partial charge is 0.478 e. The van der Waals surface area contributed by atoms with Gasteiger partial charge in [-0.2, -0.15) is 0 Å². The molecule has 1 saturated carbocycles. The van der Waals surface area contributed by atoms with Crippen molar-refractivity contribution in [2.24, 2.45) is 0 Å². The Morgan fingerprint density at radius 2 is 2.05 bits per heavy atom. The second-order valence-electron chi connectivity index (χ2n) is 5.63. The zero-order valence-corrected chi connectivity index (χ0v) is 13.0. The number of aromatic carboxylic acids is 1. The summed E-state index contributed by atoms with van der Waals surface area (Å²) in [6.07, 6.45) is 3.00. The number of carbonyl (C=O) groups is 1. The second kappa shape index (κ2) is 5.75. The third kappa shape index (κ3) is 3.25. The zero-order chi connectivity index (χ0) is 15.7. The van der Waals surface area contributed by atoms with E-state index in [0.29, 0.717) is 6.54 Å². The number of sulfonamides is 1. The van der Waals surface area contributed by atoms with Crippen LogP contribution >= 0.6 is 0 Å². The number of likely N-dealkylation sites (N-methyl/N-ethyl adjacent to an activating group) is 1. The highest BCUT2D eigenvalue weighted by molar-refractivity contribution is 7.89. The predicted octanol–water partition coefficient (Wildman–Crippen LogP) is 1.15. The SMILES string of the molecule is CN(C)C1(CNS(=O)(=O)c2cccc(C(=O)O)c2)CCC1. The maximum absolute atomic E-state index is 12.3. The maximum atomic E-state index is 12.3. The Hall–Kier alpha value is -1.44. The van der Waals surface area contributed by atoms with E-state index in [-0.39, 0.29) is 16.0 Å². The van der Waals surface area contributed by atoms with Gasteiger partial charge in [0.1, 0.15) is 0 Å². The lowest BCUT2D eigenvalue weighted by atomic mass is 9.76. The maximum Gasteiger partial charge on any atom is 0.335 e. The molecule has 0 spiro atoms. The van der Waals surface area contributed by atoms with Crippen molar-refractivity contribution in [1.82, 2.24) is 9.62 Å². The first-order valence-corrected chi connectivity index (χ1v) is 8.26. The zero-order valence-electron chi connectivity index (χ0n) is 12.2. The molecule has 1 aliphatic carbocycles. The first-order chi connectivity index (χ1) is 9.77. The minimum Gasteiger partial charge on any atom is -0.478 e.